The Morgan fingerprint density at radius 2 is 2.55 bits per heavy atom. The van der Waals surface area contributed by atoms with Crippen LogP contribution in [0.15, 0.2) is 10.7 Å². The van der Waals surface area contributed by atoms with Crippen LogP contribution < -0.4 is 11.3 Å². The Morgan fingerprint density at radius 3 is 3.20 bits per heavy atom. The van der Waals surface area contributed by atoms with Gasteiger partial charge < -0.3 is 9.47 Å². The van der Waals surface area contributed by atoms with Crippen LogP contribution in [0.3, 0.4) is 0 Å². The molecule has 7 heteroatoms. The van der Waals surface area contributed by atoms with E-state index in [1.165, 1.54) is 6.42 Å². The van der Waals surface area contributed by atoms with Crippen LogP contribution in [0, 0.1) is 0 Å². The zero-order chi connectivity index (χ0) is 14.4. The number of hydrogen-bond donors (Lipinski definition) is 2. The molecule has 20 heavy (non-hydrogen) atoms. The molecule has 0 radical (unpaired) electrons. The predicted molar refractivity (Wildman–Crippen MR) is 80.1 cm³/mol. The highest BCUT2D eigenvalue weighted by Crippen LogP contribution is 2.28. The topological polar surface area (TPSA) is 74.3 Å². The number of hydrogen-bond acceptors (Lipinski definition) is 5. The van der Waals surface area contributed by atoms with Gasteiger partial charge in [-0.3, -0.25) is 16.0 Å². The molecule has 1 aromatic rings. The Hall–Kier alpha value is -0.470. The molecule has 0 aliphatic carbocycles. The molecular weight excluding hydrogens is 324 g/mol. The smallest absolute Gasteiger partial charge is 0.0710 e. The Morgan fingerprint density at radius 1 is 1.70 bits per heavy atom. The Labute approximate surface area is 128 Å². The predicted octanol–water partition coefficient (Wildman–Crippen LogP) is 1.76. The molecule has 1 aromatic heterocycles. The van der Waals surface area contributed by atoms with E-state index in [0.29, 0.717) is 12.7 Å². The molecule has 2 rings (SSSR count). The highest BCUT2D eigenvalue weighted by atomic mass is 79.9. The lowest BCUT2D eigenvalue weighted by molar-refractivity contribution is 0.0991. The minimum Gasteiger partial charge on any atom is -0.383 e. The van der Waals surface area contributed by atoms with E-state index in [1.807, 2.05) is 4.68 Å². The third-order valence-corrected chi connectivity index (χ3v) is 4.28. The zero-order valence-corrected chi connectivity index (χ0v) is 13.4. The Bertz CT molecular complexity index is 407. The number of halogens is 1. The average Bonchev–Trinajstić information content (AvgIpc) is 3.08. The van der Waals surface area contributed by atoms with Crippen molar-refractivity contribution in [3.05, 3.63) is 16.4 Å². The normalized spacial score (nSPS) is 20.4. The molecule has 0 bridgehead atoms. The summed E-state index contributed by atoms with van der Waals surface area (Å²) in [7, 11) is 1.69. The summed E-state index contributed by atoms with van der Waals surface area (Å²) in [5.74, 6) is 5.73. The first kappa shape index (κ1) is 15.9. The van der Waals surface area contributed by atoms with E-state index in [1.54, 1.807) is 13.3 Å². The van der Waals surface area contributed by atoms with Crippen molar-refractivity contribution >= 4 is 15.9 Å². The fraction of sp³-hybridized carbons (Fsp3) is 0.769. The zero-order valence-electron chi connectivity index (χ0n) is 11.8. The molecule has 0 saturated carbocycles. The van der Waals surface area contributed by atoms with E-state index in [2.05, 4.69) is 26.5 Å². The molecule has 1 aliphatic heterocycles. The van der Waals surface area contributed by atoms with Gasteiger partial charge in [-0.2, -0.15) is 5.10 Å². The van der Waals surface area contributed by atoms with Crippen LogP contribution in [0.2, 0.25) is 0 Å². The number of nitrogens with zero attached hydrogens (tertiary/aromatic N) is 2. The maximum absolute atomic E-state index is 5.73. The monoisotopic (exact) mass is 346 g/mol. The molecule has 2 unspecified atom stereocenters. The van der Waals surface area contributed by atoms with Crippen molar-refractivity contribution in [2.24, 2.45) is 5.84 Å². The molecule has 0 aromatic carbocycles. The number of rotatable bonds is 8. The summed E-state index contributed by atoms with van der Waals surface area (Å²) in [6.45, 7) is 2.24. The third-order valence-electron chi connectivity index (χ3n) is 3.67. The summed E-state index contributed by atoms with van der Waals surface area (Å²) < 4.78 is 13.7. The van der Waals surface area contributed by atoms with E-state index < -0.39 is 0 Å². The third kappa shape index (κ3) is 4.02. The lowest BCUT2D eigenvalue weighted by Gasteiger charge is -2.20. The van der Waals surface area contributed by atoms with Crippen molar-refractivity contribution in [1.82, 2.24) is 15.2 Å². The lowest BCUT2D eigenvalue weighted by Crippen LogP contribution is -2.31. The summed E-state index contributed by atoms with van der Waals surface area (Å²) >= 11 is 3.55. The quantitative estimate of drug-likeness (QED) is 0.554. The molecule has 0 amide bonds. The molecule has 1 aliphatic rings. The van der Waals surface area contributed by atoms with Crippen molar-refractivity contribution in [3.8, 4) is 0 Å². The van der Waals surface area contributed by atoms with Crippen molar-refractivity contribution in [2.75, 3.05) is 20.3 Å². The van der Waals surface area contributed by atoms with Gasteiger partial charge in [-0.25, -0.2) is 0 Å². The van der Waals surface area contributed by atoms with Crippen LogP contribution in [0.5, 0.6) is 0 Å². The second kappa shape index (κ2) is 8.09. The molecule has 3 N–H and O–H groups in total. The van der Waals surface area contributed by atoms with Gasteiger partial charge in [0.2, 0.25) is 0 Å². The van der Waals surface area contributed by atoms with Crippen molar-refractivity contribution in [1.29, 1.82) is 0 Å². The van der Waals surface area contributed by atoms with Crippen LogP contribution >= 0.6 is 15.9 Å². The van der Waals surface area contributed by atoms with Crippen LogP contribution in [0.1, 0.15) is 37.4 Å². The van der Waals surface area contributed by atoms with Crippen molar-refractivity contribution in [2.45, 2.75) is 44.4 Å². The summed E-state index contributed by atoms with van der Waals surface area (Å²) in [5.41, 5.74) is 3.97. The first-order valence-corrected chi connectivity index (χ1v) is 7.83. The number of methoxy groups -OCH3 is 1. The minimum atomic E-state index is 0.0629. The molecule has 1 saturated heterocycles. The number of nitrogens with one attached hydrogen (secondary N) is 1. The highest BCUT2D eigenvalue weighted by molar-refractivity contribution is 9.10. The highest BCUT2D eigenvalue weighted by Gasteiger charge is 2.22. The number of ether oxygens (including phenoxy) is 2. The fourth-order valence-corrected chi connectivity index (χ4v) is 3.17. The fourth-order valence-electron chi connectivity index (χ4n) is 2.60. The van der Waals surface area contributed by atoms with Gasteiger partial charge in [0.25, 0.3) is 0 Å². The molecule has 6 nitrogen and oxygen atoms in total. The van der Waals surface area contributed by atoms with Crippen LogP contribution in [0.4, 0.5) is 0 Å². The van der Waals surface area contributed by atoms with Crippen molar-refractivity contribution in [3.63, 3.8) is 0 Å². The van der Waals surface area contributed by atoms with E-state index in [-0.39, 0.29) is 6.04 Å². The summed E-state index contributed by atoms with van der Waals surface area (Å²) in [4.78, 5) is 0. The van der Waals surface area contributed by atoms with E-state index in [4.69, 9.17) is 15.3 Å². The van der Waals surface area contributed by atoms with Gasteiger partial charge in [-0.15, -0.1) is 0 Å². The molecule has 1 fully saturated rings. The summed E-state index contributed by atoms with van der Waals surface area (Å²) in [5, 5.41) is 4.36. The number of hydrazine groups is 1. The second-order valence-corrected chi connectivity index (χ2v) is 5.88. The van der Waals surface area contributed by atoms with E-state index >= 15 is 0 Å². The second-order valence-electron chi connectivity index (χ2n) is 5.03. The first-order valence-electron chi connectivity index (χ1n) is 7.04. The van der Waals surface area contributed by atoms with Gasteiger partial charge in [0.1, 0.15) is 0 Å². The molecule has 114 valence electrons. The Balaban J connectivity index is 1.99. The lowest BCUT2D eigenvalue weighted by atomic mass is 10.0. The van der Waals surface area contributed by atoms with Gasteiger partial charge in [-0.1, -0.05) is 0 Å². The maximum Gasteiger partial charge on any atom is 0.0710 e. The molecule has 2 heterocycles. The largest absolute Gasteiger partial charge is 0.383 e. The minimum absolute atomic E-state index is 0.0629. The molecule has 0 spiro atoms. The number of nitrogens with two attached hydrogens (primary N) is 1. The van der Waals surface area contributed by atoms with Gasteiger partial charge >= 0.3 is 0 Å². The maximum atomic E-state index is 5.73. The van der Waals surface area contributed by atoms with Crippen molar-refractivity contribution < 1.29 is 9.47 Å². The van der Waals surface area contributed by atoms with Crippen LogP contribution in [0.25, 0.3) is 0 Å². The van der Waals surface area contributed by atoms with Crippen LogP contribution in [-0.2, 0) is 16.0 Å². The Kier molecular flexibility index (Phi) is 6.44. The van der Waals surface area contributed by atoms with E-state index in [0.717, 1.165) is 42.6 Å². The van der Waals surface area contributed by atoms with Crippen LogP contribution in [-0.4, -0.2) is 36.2 Å². The standard InChI is InChI=1S/C13H23BrN4O2/c1-19-8-6-18-13(11(14)9-16-18)12(17-15)5-4-10-3-2-7-20-10/h9-10,12,17H,2-8,15H2,1H3. The molecule has 2 atom stereocenters. The van der Waals surface area contributed by atoms with E-state index in [9.17, 15) is 0 Å². The molecular formula is C13H23BrN4O2. The summed E-state index contributed by atoms with van der Waals surface area (Å²) in [6, 6.07) is 0.0629. The van der Waals surface area contributed by atoms with Gasteiger partial charge in [-0.05, 0) is 41.6 Å². The first-order chi connectivity index (χ1) is 9.76. The van der Waals surface area contributed by atoms with Gasteiger partial charge in [0, 0.05) is 13.7 Å². The SMILES string of the molecule is COCCn1ncc(Br)c1C(CCC1CCCO1)NN. The van der Waals surface area contributed by atoms with Gasteiger partial charge in [0.15, 0.2) is 0 Å². The number of aromatic nitrogens is 2. The van der Waals surface area contributed by atoms with Gasteiger partial charge in [0.05, 0.1) is 41.7 Å². The average molecular weight is 347 g/mol. The summed E-state index contributed by atoms with van der Waals surface area (Å²) in [6.07, 6.45) is 6.44.